The Morgan fingerprint density at radius 1 is 1.19 bits per heavy atom. The van der Waals surface area contributed by atoms with Gasteiger partial charge in [-0.1, -0.05) is 26.0 Å². The fraction of sp³-hybridized carbons (Fsp3) is 0.533. The minimum Gasteiger partial charge on any atom is -0.352 e. The number of carbonyl (C=O) groups excluding carboxylic acids is 1. The predicted molar refractivity (Wildman–Crippen MR) is 75.7 cm³/mol. The van der Waals surface area contributed by atoms with E-state index in [9.17, 15) is 18.0 Å². The van der Waals surface area contributed by atoms with E-state index in [2.05, 4.69) is 10.6 Å². The van der Waals surface area contributed by atoms with Gasteiger partial charge in [-0.05, 0) is 30.7 Å². The number of hydrogen-bond donors (Lipinski definition) is 2. The van der Waals surface area contributed by atoms with Gasteiger partial charge in [-0.25, -0.2) is 0 Å². The molecule has 0 saturated carbocycles. The molecule has 0 aromatic heterocycles. The second kappa shape index (κ2) is 8.02. The van der Waals surface area contributed by atoms with Gasteiger partial charge in [0.2, 0.25) is 5.91 Å². The highest BCUT2D eigenvalue weighted by molar-refractivity contribution is 5.75. The topological polar surface area (TPSA) is 41.1 Å². The highest BCUT2D eigenvalue weighted by Crippen LogP contribution is 2.28. The first-order chi connectivity index (χ1) is 9.79. The molecule has 0 aliphatic rings. The zero-order valence-corrected chi connectivity index (χ0v) is 12.3. The second-order valence-electron chi connectivity index (χ2n) is 5.18. The van der Waals surface area contributed by atoms with Crippen molar-refractivity contribution >= 4 is 5.91 Å². The van der Waals surface area contributed by atoms with Gasteiger partial charge in [0, 0.05) is 19.0 Å². The average molecular weight is 302 g/mol. The summed E-state index contributed by atoms with van der Waals surface area (Å²) in [5, 5.41) is 5.91. The molecule has 6 heteroatoms. The maximum Gasteiger partial charge on any atom is 0.416 e. The lowest BCUT2D eigenvalue weighted by Gasteiger charge is -2.09. The van der Waals surface area contributed by atoms with Gasteiger partial charge in [-0.2, -0.15) is 13.2 Å². The molecule has 1 aromatic carbocycles. The highest BCUT2D eigenvalue weighted by atomic mass is 19.4. The van der Waals surface area contributed by atoms with E-state index in [1.807, 2.05) is 13.8 Å². The van der Waals surface area contributed by atoms with Gasteiger partial charge in [0.25, 0.3) is 0 Å². The number of benzene rings is 1. The molecule has 1 aromatic rings. The van der Waals surface area contributed by atoms with Crippen LogP contribution >= 0.6 is 0 Å². The van der Waals surface area contributed by atoms with Crippen LogP contribution in [0.3, 0.4) is 0 Å². The SMILES string of the molecule is CC(C)NCCCC(=O)NCc1ccc(C(F)(F)F)cc1. The van der Waals surface area contributed by atoms with Gasteiger partial charge < -0.3 is 10.6 Å². The van der Waals surface area contributed by atoms with Crippen LogP contribution in [0.15, 0.2) is 24.3 Å². The molecule has 1 rings (SSSR count). The summed E-state index contributed by atoms with van der Waals surface area (Å²) in [7, 11) is 0. The largest absolute Gasteiger partial charge is 0.416 e. The van der Waals surface area contributed by atoms with Gasteiger partial charge in [-0.15, -0.1) is 0 Å². The Bertz CT molecular complexity index is 441. The molecule has 0 unspecified atom stereocenters. The number of amides is 1. The molecule has 2 N–H and O–H groups in total. The first-order valence-corrected chi connectivity index (χ1v) is 6.95. The molecule has 3 nitrogen and oxygen atoms in total. The van der Waals surface area contributed by atoms with E-state index in [1.165, 1.54) is 12.1 Å². The number of halogens is 3. The molecule has 1 amide bonds. The van der Waals surface area contributed by atoms with E-state index in [1.54, 1.807) is 0 Å². The van der Waals surface area contributed by atoms with E-state index >= 15 is 0 Å². The van der Waals surface area contributed by atoms with Crippen molar-refractivity contribution in [3.63, 3.8) is 0 Å². The third-order valence-electron chi connectivity index (χ3n) is 2.90. The van der Waals surface area contributed by atoms with Crippen molar-refractivity contribution in [3.8, 4) is 0 Å². The van der Waals surface area contributed by atoms with Crippen LogP contribution in [0.5, 0.6) is 0 Å². The van der Waals surface area contributed by atoms with Gasteiger partial charge in [0.05, 0.1) is 5.56 Å². The quantitative estimate of drug-likeness (QED) is 0.760. The normalized spacial score (nSPS) is 11.7. The Morgan fingerprint density at radius 3 is 2.33 bits per heavy atom. The van der Waals surface area contributed by atoms with Crippen LogP contribution in [0, 0.1) is 0 Å². The molecule has 118 valence electrons. The van der Waals surface area contributed by atoms with E-state index in [0.29, 0.717) is 18.0 Å². The lowest BCUT2D eigenvalue weighted by Crippen LogP contribution is -2.27. The van der Waals surface area contributed by atoms with E-state index in [0.717, 1.165) is 25.1 Å². The van der Waals surface area contributed by atoms with Gasteiger partial charge in [-0.3, -0.25) is 4.79 Å². The molecule has 0 bridgehead atoms. The van der Waals surface area contributed by atoms with Crippen molar-refractivity contribution in [1.82, 2.24) is 10.6 Å². The van der Waals surface area contributed by atoms with Gasteiger partial charge >= 0.3 is 6.18 Å². The van der Waals surface area contributed by atoms with Crippen molar-refractivity contribution in [2.75, 3.05) is 6.54 Å². The molecule has 0 aliphatic carbocycles. The Labute approximate surface area is 122 Å². The number of carbonyl (C=O) groups is 1. The zero-order valence-electron chi connectivity index (χ0n) is 12.3. The molecule has 0 heterocycles. The van der Waals surface area contributed by atoms with Crippen LogP contribution < -0.4 is 10.6 Å². The van der Waals surface area contributed by atoms with Crippen LogP contribution in [-0.2, 0) is 17.5 Å². The summed E-state index contributed by atoms with van der Waals surface area (Å²) in [6.07, 6.45) is -3.19. The molecule has 0 saturated heterocycles. The Morgan fingerprint density at radius 2 is 1.81 bits per heavy atom. The summed E-state index contributed by atoms with van der Waals surface area (Å²) in [6, 6.07) is 5.19. The van der Waals surface area contributed by atoms with Gasteiger partial charge in [0.1, 0.15) is 0 Å². The van der Waals surface area contributed by atoms with Crippen molar-refractivity contribution < 1.29 is 18.0 Å². The molecule has 0 atom stereocenters. The minimum atomic E-state index is -4.33. The van der Waals surface area contributed by atoms with Crippen molar-refractivity contribution in [3.05, 3.63) is 35.4 Å². The molecule has 0 fully saturated rings. The third-order valence-corrected chi connectivity index (χ3v) is 2.90. The molecular weight excluding hydrogens is 281 g/mol. The summed E-state index contributed by atoms with van der Waals surface area (Å²) < 4.78 is 37.2. The predicted octanol–water partition coefficient (Wildman–Crippen LogP) is 3.10. The number of alkyl halides is 3. The fourth-order valence-electron chi connectivity index (χ4n) is 1.74. The van der Waals surface area contributed by atoms with Crippen LogP contribution in [0.25, 0.3) is 0 Å². The number of nitrogens with one attached hydrogen (secondary N) is 2. The Balaban J connectivity index is 2.30. The number of hydrogen-bond acceptors (Lipinski definition) is 2. The van der Waals surface area contributed by atoms with E-state index < -0.39 is 11.7 Å². The smallest absolute Gasteiger partial charge is 0.352 e. The molecule has 0 aliphatic heterocycles. The first kappa shape index (κ1) is 17.5. The van der Waals surface area contributed by atoms with E-state index in [-0.39, 0.29) is 12.5 Å². The standard InChI is InChI=1S/C15H21F3N2O/c1-11(2)19-9-3-4-14(21)20-10-12-5-7-13(8-6-12)15(16,17)18/h5-8,11,19H,3-4,9-10H2,1-2H3,(H,20,21). The lowest BCUT2D eigenvalue weighted by atomic mass is 10.1. The molecule has 0 radical (unpaired) electrons. The van der Waals surface area contributed by atoms with Crippen LogP contribution in [-0.4, -0.2) is 18.5 Å². The Hall–Kier alpha value is -1.56. The highest BCUT2D eigenvalue weighted by Gasteiger charge is 2.29. The maximum absolute atomic E-state index is 12.4. The molecule has 21 heavy (non-hydrogen) atoms. The van der Waals surface area contributed by atoms with Crippen molar-refractivity contribution in [2.24, 2.45) is 0 Å². The van der Waals surface area contributed by atoms with Crippen molar-refractivity contribution in [1.29, 1.82) is 0 Å². The monoisotopic (exact) mass is 302 g/mol. The van der Waals surface area contributed by atoms with E-state index in [4.69, 9.17) is 0 Å². The number of rotatable bonds is 7. The zero-order chi connectivity index (χ0) is 15.9. The van der Waals surface area contributed by atoms with Crippen LogP contribution in [0.1, 0.15) is 37.8 Å². The summed E-state index contributed by atoms with van der Waals surface area (Å²) in [6.45, 7) is 5.08. The minimum absolute atomic E-state index is 0.0968. The molecular formula is C15H21F3N2O. The second-order valence-corrected chi connectivity index (χ2v) is 5.18. The molecule has 0 spiro atoms. The summed E-state index contributed by atoms with van der Waals surface area (Å²) in [5.41, 5.74) is -0.0333. The summed E-state index contributed by atoms with van der Waals surface area (Å²) >= 11 is 0. The van der Waals surface area contributed by atoms with Crippen LogP contribution in [0.4, 0.5) is 13.2 Å². The average Bonchev–Trinajstić information content (AvgIpc) is 2.40. The Kier molecular flexibility index (Phi) is 6.68. The van der Waals surface area contributed by atoms with Crippen molar-refractivity contribution in [2.45, 2.75) is 45.5 Å². The maximum atomic E-state index is 12.4. The fourth-order valence-corrected chi connectivity index (χ4v) is 1.74. The van der Waals surface area contributed by atoms with Gasteiger partial charge in [0.15, 0.2) is 0 Å². The lowest BCUT2D eigenvalue weighted by molar-refractivity contribution is -0.137. The first-order valence-electron chi connectivity index (χ1n) is 6.95. The summed E-state index contributed by atoms with van der Waals surface area (Å²) in [4.78, 5) is 11.6. The van der Waals surface area contributed by atoms with Crippen LogP contribution in [0.2, 0.25) is 0 Å². The summed E-state index contributed by atoms with van der Waals surface area (Å²) in [5.74, 6) is -0.0968. The third kappa shape index (κ3) is 7.13.